The molecule has 0 bridgehead atoms. The molecule has 0 aromatic rings. The Morgan fingerprint density at radius 2 is 1.78 bits per heavy atom. The van der Waals surface area contributed by atoms with Crippen molar-refractivity contribution in [3.05, 3.63) is 0 Å². The highest BCUT2D eigenvalue weighted by molar-refractivity contribution is 5.74. The fourth-order valence-electron chi connectivity index (χ4n) is 2.63. The number of carbonyl (C=O) groups excluding carboxylic acids is 1. The van der Waals surface area contributed by atoms with E-state index in [1.54, 1.807) is 0 Å². The van der Waals surface area contributed by atoms with Gasteiger partial charge >= 0.3 is 6.03 Å². The molecule has 0 aromatic carbocycles. The van der Waals surface area contributed by atoms with Crippen molar-refractivity contribution >= 4 is 6.03 Å². The first-order valence-corrected chi connectivity index (χ1v) is 7.48. The maximum absolute atomic E-state index is 11.9. The molecule has 106 valence electrons. The monoisotopic (exact) mass is 255 g/mol. The Balaban J connectivity index is 2.43. The standard InChI is InChI=1S/C14H29N3O/c1-2-3-11-16-13(18)17-14(12-15)9-7-5-4-6-8-10-14/h2-12,15H2,1H3,(H2,16,17,18). The molecule has 0 unspecified atom stereocenters. The predicted molar refractivity (Wildman–Crippen MR) is 75.5 cm³/mol. The first-order valence-electron chi connectivity index (χ1n) is 7.48. The third kappa shape index (κ3) is 5.25. The summed E-state index contributed by atoms with van der Waals surface area (Å²) in [5.41, 5.74) is 5.75. The van der Waals surface area contributed by atoms with Gasteiger partial charge in [-0.25, -0.2) is 4.79 Å². The van der Waals surface area contributed by atoms with Gasteiger partial charge in [-0.3, -0.25) is 0 Å². The fraction of sp³-hybridized carbons (Fsp3) is 0.929. The topological polar surface area (TPSA) is 67.2 Å². The van der Waals surface area contributed by atoms with Crippen LogP contribution in [0.25, 0.3) is 0 Å². The van der Waals surface area contributed by atoms with Crippen LogP contribution in [0.15, 0.2) is 0 Å². The van der Waals surface area contributed by atoms with Gasteiger partial charge in [-0.15, -0.1) is 0 Å². The Morgan fingerprint density at radius 1 is 1.17 bits per heavy atom. The third-order valence-electron chi connectivity index (χ3n) is 3.90. The molecule has 4 heteroatoms. The number of nitrogens with one attached hydrogen (secondary N) is 2. The minimum absolute atomic E-state index is 0.0468. The number of urea groups is 1. The van der Waals surface area contributed by atoms with Crippen molar-refractivity contribution in [2.45, 2.75) is 70.3 Å². The van der Waals surface area contributed by atoms with Crippen molar-refractivity contribution in [1.29, 1.82) is 0 Å². The molecular formula is C14H29N3O. The van der Waals surface area contributed by atoms with E-state index in [9.17, 15) is 4.79 Å². The zero-order valence-corrected chi connectivity index (χ0v) is 11.8. The zero-order chi connectivity index (χ0) is 13.3. The Morgan fingerprint density at radius 3 is 2.33 bits per heavy atom. The van der Waals surface area contributed by atoms with Crippen LogP contribution in [0.4, 0.5) is 4.79 Å². The van der Waals surface area contributed by atoms with E-state index in [1.807, 2.05) is 0 Å². The maximum atomic E-state index is 11.9. The SMILES string of the molecule is CCCCNC(=O)NC1(CN)CCCCCCC1. The van der Waals surface area contributed by atoms with Crippen LogP contribution in [0.1, 0.15) is 64.7 Å². The van der Waals surface area contributed by atoms with E-state index in [0.29, 0.717) is 6.54 Å². The van der Waals surface area contributed by atoms with E-state index in [0.717, 1.165) is 32.2 Å². The summed E-state index contributed by atoms with van der Waals surface area (Å²) in [6.45, 7) is 3.42. The van der Waals surface area contributed by atoms with Crippen LogP contribution in [0, 0.1) is 0 Å². The maximum Gasteiger partial charge on any atom is 0.315 e. The smallest absolute Gasteiger partial charge is 0.315 e. The molecule has 0 radical (unpaired) electrons. The number of hydrogen-bond acceptors (Lipinski definition) is 2. The van der Waals surface area contributed by atoms with Crippen LogP contribution in [-0.4, -0.2) is 24.7 Å². The highest BCUT2D eigenvalue weighted by Gasteiger charge is 2.30. The second-order valence-electron chi connectivity index (χ2n) is 5.49. The predicted octanol–water partition coefficient (Wildman–Crippen LogP) is 2.53. The number of carbonyl (C=O) groups is 1. The minimum atomic E-state index is -0.170. The molecule has 0 spiro atoms. The molecule has 2 amide bonds. The minimum Gasteiger partial charge on any atom is -0.338 e. The van der Waals surface area contributed by atoms with E-state index >= 15 is 0 Å². The van der Waals surface area contributed by atoms with E-state index < -0.39 is 0 Å². The van der Waals surface area contributed by atoms with E-state index in [2.05, 4.69) is 17.6 Å². The van der Waals surface area contributed by atoms with Gasteiger partial charge in [-0.2, -0.15) is 0 Å². The van der Waals surface area contributed by atoms with Crippen molar-refractivity contribution in [3.63, 3.8) is 0 Å². The summed E-state index contributed by atoms with van der Waals surface area (Å²) >= 11 is 0. The van der Waals surface area contributed by atoms with Crippen molar-refractivity contribution < 1.29 is 4.79 Å². The lowest BCUT2D eigenvalue weighted by Crippen LogP contribution is -2.56. The highest BCUT2D eigenvalue weighted by Crippen LogP contribution is 2.25. The number of nitrogens with two attached hydrogens (primary N) is 1. The average Bonchev–Trinajstić information content (AvgIpc) is 2.33. The summed E-state index contributed by atoms with van der Waals surface area (Å²) in [5, 5.41) is 6.05. The van der Waals surface area contributed by atoms with Crippen LogP contribution < -0.4 is 16.4 Å². The van der Waals surface area contributed by atoms with Crippen molar-refractivity contribution in [1.82, 2.24) is 10.6 Å². The van der Waals surface area contributed by atoms with Crippen LogP contribution in [-0.2, 0) is 0 Å². The van der Waals surface area contributed by atoms with Gasteiger partial charge in [0.2, 0.25) is 0 Å². The van der Waals surface area contributed by atoms with Gasteiger partial charge in [0.15, 0.2) is 0 Å². The summed E-state index contributed by atoms with van der Waals surface area (Å²) < 4.78 is 0. The molecule has 18 heavy (non-hydrogen) atoms. The zero-order valence-electron chi connectivity index (χ0n) is 11.8. The van der Waals surface area contributed by atoms with Gasteiger partial charge in [0.25, 0.3) is 0 Å². The molecule has 1 saturated carbocycles. The number of hydrogen-bond donors (Lipinski definition) is 3. The normalized spacial score (nSPS) is 19.7. The van der Waals surface area contributed by atoms with Gasteiger partial charge < -0.3 is 16.4 Å². The van der Waals surface area contributed by atoms with E-state index in [1.165, 1.54) is 32.1 Å². The molecule has 0 saturated heterocycles. The Hall–Kier alpha value is -0.770. The number of unbranched alkanes of at least 4 members (excludes halogenated alkanes) is 1. The molecule has 4 N–H and O–H groups in total. The van der Waals surface area contributed by atoms with Gasteiger partial charge in [0, 0.05) is 13.1 Å². The molecule has 0 aliphatic heterocycles. The highest BCUT2D eigenvalue weighted by atomic mass is 16.2. The van der Waals surface area contributed by atoms with Gasteiger partial charge in [0.1, 0.15) is 0 Å². The quantitative estimate of drug-likeness (QED) is 0.661. The molecule has 0 heterocycles. The molecule has 4 nitrogen and oxygen atoms in total. The molecule has 1 fully saturated rings. The molecule has 1 aliphatic rings. The first kappa shape index (κ1) is 15.3. The molecule has 1 aliphatic carbocycles. The van der Waals surface area contributed by atoms with Crippen molar-refractivity contribution in [2.75, 3.05) is 13.1 Å². The Kier molecular flexibility index (Phi) is 7.09. The van der Waals surface area contributed by atoms with Gasteiger partial charge in [-0.1, -0.05) is 45.4 Å². The first-order chi connectivity index (χ1) is 8.72. The number of amides is 2. The lowest BCUT2D eigenvalue weighted by molar-refractivity contribution is 0.211. The average molecular weight is 255 g/mol. The molecule has 0 atom stereocenters. The second-order valence-corrected chi connectivity index (χ2v) is 5.49. The summed E-state index contributed by atoms with van der Waals surface area (Å²) in [5.74, 6) is 0. The summed E-state index contributed by atoms with van der Waals surface area (Å²) in [4.78, 5) is 11.9. The summed E-state index contributed by atoms with van der Waals surface area (Å²) in [6.07, 6.45) is 10.4. The van der Waals surface area contributed by atoms with Crippen LogP contribution in [0.2, 0.25) is 0 Å². The summed E-state index contributed by atoms with van der Waals surface area (Å²) in [6, 6.07) is -0.0468. The largest absolute Gasteiger partial charge is 0.338 e. The van der Waals surface area contributed by atoms with Crippen molar-refractivity contribution in [2.24, 2.45) is 5.73 Å². The summed E-state index contributed by atoms with van der Waals surface area (Å²) in [7, 11) is 0. The Bertz CT molecular complexity index is 235. The van der Waals surface area contributed by atoms with Crippen LogP contribution in [0.3, 0.4) is 0 Å². The van der Waals surface area contributed by atoms with E-state index in [-0.39, 0.29) is 11.6 Å². The van der Waals surface area contributed by atoms with Gasteiger partial charge in [0.05, 0.1) is 5.54 Å². The van der Waals surface area contributed by atoms with Crippen LogP contribution in [0.5, 0.6) is 0 Å². The van der Waals surface area contributed by atoms with Crippen LogP contribution >= 0.6 is 0 Å². The van der Waals surface area contributed by atoms with Gasteiger partial charge in [-0.05, 0) is 19.3 Å². The fourth-order valence-corrected chi connectivity index (χ4v) is 2.63. The lowest BCUT2D eigenvalue weighted by atomic mass is 9.84. The number of rotatable bonds is 5. The van der Waals surface area contributed by atoms with E-state index in [4.69, 9.17) is 5.73 Å². The van der Waals surface area contributed by atoms with Crippen molar-refractivity contribution in [3.8, 4) is 0 Å². The lowest BCUT2D eigenvalue weighted by Gasteiger charge is -2.35. The molecule has 0 aromatic heterocycles. The second kappa shape index (κ2) is 8.35. The Labute approximate surface area is 111 Å². The molecule has 1 rings (SSSR count). The third-order valence-corrected chi connectivity index (χ3v) is 3.90. The molecular weight excluding hydrogens is 226 g/mol.